The molecule has 0 aromatic carbocycles. The first-order chi connectivity index (χ1) is 7.81. The number of nitrogens with zero attached hydrogens (tertiary/aromatic N) is 2. The molecule has 0 amide bonds. The summed E-state index contributed by atoms with van der Waals surface area (Å²) in [7, 11) is 0. The van der Waals surface area contributed by atoms with E-state index in [1.165, 1.54) is 0 Å². The summed E-state index contributed by atoms with van der Waals surface area (Å²) in [6.07, 6.45) is 3.44. The highest BCUT2D eigenvalue weighted by atomic mass is 35.5. The molecule has 1 aliphatic heterocycles. The third kappa shape index (κ3) is 2.71. The molecule has 0 aliphatic carbocycles. The summed E-state index contributed by atoms with van der Waals surface area (Å²) < 4.78 is 5.40. The average Bonchev–Trinajstić information content (AvgIpc) is 2.33. The van der Waals surface area contributed by atoms with E-state index in [9.17, 15) is 0 Å². The Hall–Kier alpha value is -0.680. The average molecular weight is 242 g/mol. The molecule has 0 bridgehead atoms. The molecule has 88 valence electrons. The fraction of sp³-hybridized carbons (Fsp3) is 0.545. The summed E-state index contributed by atoms with van der Waals surface area (Å²) in [6, 6.07) is 2.24. The first kappa shape index (κ1) is 11.8. The molecule has 4 nitrogen and oxygen atoms in total. The lowest BCUT2D eigenvalue weighted by molar-refractivity contribution is -0.00792. The summed E-state index contributed by atoms with van der Waals surface area (Å²) in [5, 5.41) is 0.713. The van der Waals surface area contributed by atoms with Crippen molar-refractivity contribution in [1.82, 2.24) is 9.88 Å². The molecule has 1 aromatic rings. The van der Waals surface area contributed by atoms with Crippen molar-refractivity contribution in [3.8, 4) is 0 Å². The van der Waals surface area contributed by atoms with E-state index in [0.29, 0.717) is 18.2 Å². The summed E-state index contributed by atoms with van der Waals surface area (Å²) in [4.78, 5) is 6.29. The van der Waals surface area contributed by atoms with Gasteiger partial charge in [-0.15, -0.1) is 0 Å². The third-order valence-electron chi connectivity index (χ3n) is 2.85. The molecule has 1 fully saturated rings. The number of nitrogens with two attached hydrogens (primary N) is 1. The maximum Gasteiger partial charge on any atom is 0.0634 e. The Morgan fingerprint density at radius 3 is 3.25 bits per heavy atom. The Morgan fingerprint density at radius 1 is 1.62 bits per heavy atom. The van der Waals surface area contributed by atoms with Crippen molar-refractivity contribution in [2.45, 2.75) is 12.6 Å². The molecule has 1 aromatic heterocycles. The Balaban J connectivity index is 2.05. The van der Waals surface area contributed by atoms with Crippen molar-refractivity contribution < 1.29 is 4.74 Å². The van der Waals surface area contributed by atoms with E-state index in [4.69, 9.17) is 22.1 Å². The van der Waals surface area contributed by atoms with Crippen LogP contribution in [-0.2, 0) is 11.3 Å². The van der Waals surface area contributed by atoms with Gasteiger partial charge in [-0.1, -0.05) is 11.6 Å². The second-order valence-corrected chi connectivity index (χ2v) is 4.31. The number of rotatable bonds is 3. The minimum atomic E-state index is 0.290. The van der Waals surface area contributed by atoms with Gasteiger partial charge in [0.25, 0.3) is 0 Å². The number of hydrogen-bond donors (Lipinski definition) is 1. The van der Waals surface area contributed by atoms with Gasteiger partial charge in [0.05, 0.1) is 18.2 Å². The van der Waals surface area contributed by atoms with Gasteiger partial charge in [0.15, 0.2) is 0 Å². The predicted molar refractivity (Wildman–Crippen MR) is 63.3 cm³/mol. The van der Waals surface area contributed by atoms with Crippen LogP contribution in [0.1, 0.15) is 5.56 Å². The quantitative estimate of drug-likeness (QED) is 0.854. The van der Waals surface area contributed by atoms with Crippen LogP contribution in [0.3, 0.4) is 0 Å². The minimum absolute atomic E-state index is 0.290. The monoisotopic (exact) mass is 241 g/mol. The number of halogens is 1. The molecular formula is C11H16ClN3O. The largest absolute Gasteiger partial charge is 0.378 e. The van der Waals surface area contributed by atoms with Crippen molar-refractivity contribution in [2.75, 3.05) is 26.3 Å². The van der Waals surface area contributed by atoms with Gasteiger partial charge in [0.1, 0.15) is 0 Å². The Kier molecular flexibility index (Phi) is 4.12. The van der Waals surface area contributed by atoms with Gasteiger partial charge >= 0.3 is 0 Å². The Bertz CT molecular complexity index is 348. The van der Waals surface area contributed by atoms with Crippen LogP contribution in [0, 0.1) is 0 Å². The van der Waals surface area contributed by atoms with Crippen LogP contribution < -0.4 is 5.73 Å². The van der Waals surface area contributed by atoms with Crippen molar-refractivity contribution in [3.63, 3.8) is 0 Å². The molecule has 1 unspecified atom stereocenters. The van der Waals surface area contributed by atoms with Gasteiger partial charge < -0.3 is 10.5 Å². The second-order valence-electron chi connectivity index (χ2n) is 3.90. The van der Waals surface area contributed by atoms with Crippen molar-refractivity contribution in [1.29, 1.82) is 0 Å². The van der Waals surface area contributed by atoms with Gasteiger partial charge in [-0.05, 0) is 11.6 Å². The fourth-order valence-electron chi connectivity index (χ4n) is 1.87. The van der Waals surface area contributed by atoms with Crippen molar-refractivity contribution in [2.24, 2.45) is 5.73 Å². The molecule has 1 saturated heterocycles. The van der Waals surface area contributed by atoms with Crippen LogP contribution in [0.25, 0.3) is 0 Å². The van der Waals surface area contributed by atoms with Crippen molar-refractivity contribution >= 4 is 11.6 Å². The molecule has 0 saturated carbocycles. The Morgan fingerprint density at radius 2 is 2.50 bits per heavy atom. The highest BCUT2D eigenvalue weighted by Crippen LogP contribution is 2.18. The van der Waals surface area contributed by atoms with E-state index in [-0.39, 0.29) is 6.04 Å². The van der Waals surface area contributed by atoms with Gasteiger partial charge in [0, 0.05) is 38.1 Å². The van der Waals surface area contributed by atoms with Crippen LogP contribution in [0.15, 0.2) is 18.5 Å². The maximum atomic E-state index is 6.08. The Labute approximate surface area is 100 Å². The molecule has 1 aliphatic rings. The highest BCUT2D eigenvalue weighted by molar-refractivity contribution is 6.31. The van der Waals surface area contributed by atoms with Gasteiger partial charge in [-0.25, -0.2) is 0 Å². The minimum Gasteiger partial charge on any atom is -0.378 e. The summed E-state index contributed by atoms with van der Waals surface area (Å²) in [5.41, 5.74) is 6.81. The third-order valence-corrected chi connectivity index (χ3v) is 3.19. The van der Waals surface area contributed by atoms with Crippen LogP contribution in [-0.4, -0.2) is 42.2 Å². The SMILES string of the molecule is NCC1COCCN1Cc1ccncc1Cl. The van der Waals surface area contributed by atoms with E-state index in [1.54, 1.807) is 12.4 Å². The van der Waals surface area contributed by atoms with Crippen LogP contribution in [0.2, 0.25) is 5.02 Å². The van der Waals surface area contributed by atoms with E-state index < -0.39 is 0 Å². The number of aromatic nitrogens is 1. The maximum absolute atomic E-state index is 6.08. The van der Waals surface area contributed by atoms with E-state index in [1.807, 2.05) is 6.07 Å². The lowest BCUT2D eigenvalue weighted by Crippen LogP contribution is -2.48. The van der Waals surface area contributed by atoms with Crippen LogP contribution in [0.5, 0.6) is 0 Å². The van der Waals surface area contributed by atoms with Crippen molar-refractivity contribution in [3.05, 3.63) is 29.0 Å². The number of hydrogen-bond acceptors (Lipinski definition) is 4. The van der Waals surface area contributed by atoms with E-state index in [0.717, 1.165) is 25.3 Å². The van der Waals surface area contributed by atoms with Gasteiger partial charge in [-0.3, -0.25) is 9.88 Å². The molecule has 2 rings (SSSR count). The first-order valence-electron chi connectivity index (χ1n) is 5.41. The zero-order valence-electron chi connectivity index (χ0n) is 9.10. The second kappa shape index (κ2) is 5.59. The molecular weight excluding hydrogens is 226 g/mol. The topological polar surface area (TPSA) is 51.4 Å². The summed E-state index contributed by atoms with van der Waals surface area (Å²) in [5.74, 6) is 0. The molecule has 1 atom stereocenters. The zero-order valence-corrected chi connectivity index (χ0v) is 9.86. The molecule has 2 heterocycles. The normalized spacial score (nSPS) is 22.2. The fourth-order valence-corrected chi connectivity index (χ4v) is 2.04. The van der Waals surface area contributed by atoms with Gasteiger partial charge in [-0.2, -0.15) is 0 Å². The summed E-state index contributed by atoms with van der Waals surface area (Å²) in [6.45, 7) is 3.80. The van der Waals surface area contributed by atoms with Gasteiger partial charge in [0.2, 0.25) is 0 Å². The smallest absolute Gasteiger partial charge is 0.0634 e. The predicted octanol–water partition coefficient (Wildman–Crippen LogP) is 0.895. The van der Waals surface area contributed by atoms with E-state index >= 15 is 0 Å². The van der Waals surface area contributed by atoms with Crippen LogP contribution >= 0.6 is 11.6 Å². The molecule has 16 heavy (non-hydrogen) atoms. The number of ether oxygens (including phenoxy) is 1. The standard InChI is InChI=1S/C11H16ClN3O/c12-11-6-14-2-1-9(11)7-15-3-4-16-8-10(15)5-13/h1-2,6,10H,3-5,7-8,13H2. The number of pyridine rings is 1. The lowest BCUT2D eigenvalue weighted by Gasteiger charge is -2.34. The lowest BCUT2D eigenvalue weighted by atomic mass is 10.2. The molecule has 0 spiro atoms. The zero-order chi connectivity index (χ0) is 11.4. The first-order valence-corrected chi connectivity index (χ1v) is 5.79. The van der Waals surface area contributed by atoms with Crippen LogP contribution in [0.4, 0.5) is 0 Å². The highest BCUT2D eigenvalue weighted by Gasteiger charge is 2.22. The summed E-state index contributed by atoms with van der Waals surface area (Å²) >= 11 is 6.08. The number of morpholine rings is 1. The van der Waals surface area contributed by atoms with E-state index in [2.05, 4.69) is 9.88 Å². The molecule has 0 radical (unpaired) electrons. The molecule has 5 heteroatoms. The molecule has 2 N–H and O–H groups in total.